The van der Waals surface area contributed by atoms with Gasteiger partial charge in [-0.15, -0.1) is 0 Å². The molecule has 0 spiro atoms. The first-order valence-electron chi connectivity index (χ1n) is 9.31. The standard InChI is InChI=1S/C24H21IN2O2/c1-16-13-18(29-15-17-7-4-3-5-8-17)11-12-21(16)27-23-19-9-6-10-22(28-2)24(19)26-14-20(23)25/h3-14H,15H2,1-2H3,(H,26,27). The summed E-state index contributed by atoms with van der Waals surface area (Å²) in [5.41, 5.74) is 5.16. The van der Waals surface area contributed by atoms with Crippen molar-refractivity contribution in [1.29, 1.82) is 0 Å². The van der Waals surface area contributed by atoms with Crippen LogP contribution in [0, 0.1) is 10.5 Å². The van der Waals surface area contributed by atoms with Crippen LogP contribution >= 0.6 is 22.6 Å². The van der Waals surface area contributed by atoms with Crippen molar-refractivity contribution in [2.75, 3.05) is 12.4 Å². The SMILES string of the molecule is COc1cccc2c(Nc3ccc(OCc4ccccc4)cc3C)c(I)cnc12. The summed E-state index contributed by atoms with van der Waals surface area (Å²) in [5, 5.41) is 4.61. The molecular weight excluding hydrogens is 475 g/mol. The molecule has 4 aromatic rings. The summed E-state index contributed by atoms with van der Waals surface area (Å²) in [6, 6.07) is 22.2. The van der Waals surface area contributed by atoms with Gasteiger partial charge in [-0.1, -0.05) is 42.5 Å². The van der Waals surface area contributed by atoms with Gasteiger partial charge in [-0.25, -0.2) is 0 Å². The maximum Gasteiger partial charge on any atom is 0.145 e. The van der Waals surface area contributed by atoms with Crippen LogP contribution in [0.3, 0.4) is 0 Å². The van der Waals surface area contributed by atoms with Crippen molar-refractivity contribution < 1.29 is 9.47 Å². The molecule has 0 saturated heterocycles. The number of hydrogen-bond donors (Lipinski definition) is 1. The number of fused-ring (bicyclic) bond motifs is 1. The van der Waals surface area contributed by atoms with E-state index in [9.17, 15) is 0 Å². The van der Waals surface area contributed by atoms with E-state index in [4.69, 9.17) is 9.47 Å². The smallest absolute Gasteiger partial charge is 0.145 e. The molecule has 146 valence electrons. The Hall–Kier alpha value is -2.80. The Morgan fingerprint density at radius 3 is 2.59 bits per heavy atom. The van der Waals surface area contributed by atoms with Gasteiger partial charge in [-0.2, -0.15) is 0 Å². The summed E-state index contributed by atoms with van der Waals surface area (Å²) in [7, 11) is 1.67. The predicted octanol–water partition coefficient (Wildman–Crippen LogP) is 6.48. The van der Waals surface area contributed by atoms with Crippen molar-refractivity contribution in [3.8, 4) is 11.5 Å². The maximum atomic E-state index is 5.95. The lowest BCUT2D eigenvalue weighted by molar-refractivity contribution is 0.306. The van der Waals surface area contributed by atoms with Gasteiger partial charge in [0.15, 0.2) is 0 Å². The molecule has 29 heavy (non-hydrogen) atoms. The molecule has 1 heterocycles. The topological polar surface area (TPSA) is 43.4 Å². The van der Waals surface area contributed by atoms with Crippen molar-refractivity contribution in [3.05, 3.63) is 87.6 Å². The summed E-state index contributed by atoms with van der Waals surface area (Å²) >= 11 is 2.31. The summed E-state index contributed by atoms with van der Waals surface area (Å²) in [4.78, 5) is 4.55. The lowest BCUT2D eigenvalue weighted by Crippen LogP contribution is -2.00. The Morgan fingerprint density at radius 1 is 1.00 bits per heavy atom. The van der Waals surface area contributed by atoms with Crippen LogP contribution in [0.15, 0.2) is 72.9 Å². The number of pyridine rings is 1. The lowest BCUT2D eigenvalue weighted by atomic mass is 10.1. The number of aromatic nitrogens is 1. The van der Waals surface area contributed by atoms with Crippen LogP contribution in [0.2, 0.25) is 0 Å². The minimum absolute atomic E-state index is 0.555. The van der Waals surface area contributed by atoms with E-state index in [0.717, 1.165) is 48.5 Å². The third-order valence-electron chi connectivity index (χ3n) is 4.74. The summed E-state index contributed by atoms with van der Waals surface area (Å²) in [6.45, 7) is 2.63. The quantitative estimate of drug-likeness (QED) is 0.311. The van der Waals surface area contributed by atoms with Crippen LogP contribution in [0.25, 0.3) is 10.9 Å². The molecule has 4 rings (SSSR count). The first kappa shape index (κ1) is 19.5. The highest BCUT2D eigenvalue weighted by molar-refractivity contribution is 14.1. The van der Waals surface area contributed by atoms with Gasteiger partial charge in [0.1, 0.15) is 23.6 Å². The van der Waals surface area contributed by atoms with Crippen LogP contribution in [0.1, 0.15) is 11.1 Å². The van der Waals surface area contributed by atoms with Crippen molar-refractivity contribution >= 4 is 44.9 Å². The number of nitrogens with zero attached hydrogens (tertiary/aromatic N) is 1. The molecule has 3 aromatic carbocycles. The zero-order chi connectivity index (χ0) is 20.2. The molecular formula is C24H21IN2O2. The number of methoxy groups -OCH3 is 1. The van der Waals surface area contributed by atoms with Crippen LogP contribution in [0.4, 0.5) is 11.4 Å². The van der Waals surface area contributed by atoms with Gasteiger partial charge in [-0.3, -0.25) is 4.98 Å². The van der Waals surface area contributed by atoms with Gasteiger partial charge >= 0.3 is 0 Å². The van der Waals surface area contributed by atoms with Gasteiger partial charge in [0.25, 0.3) is 0 Å². The summed E-state index contributed by atoms with van der Waals surface area (Å²) in [6.07, 6.45) is 1.86. The number of rotatable bonds is 6. The second-order valence-corrected chi connectivity index (χ2v) is 7.88. The van der Waals surface area contributed by atoms with Crippen molar-refractivity contribution in [1.82, 2.24) is 4.98 Å². The monoisotopic (exact) mass is 496 g/mol. The largest absolute Gasteiger partial charge is 0.494 e. The molecule has 0 aliphatic rings. The fraction of sp³-hybridized carbons (Fsp3) is 0.125. The Balaban J connectivity index is 1.59. The van der Waals surface area contributed by atoms with Crippen molar-refractivity contribution in [2.45, 2.75) is 13.5 Å². The van der Waals surface area contributed by atoms with E-state index in [0.29, 0.717) is 6.61 Å². The number of benzene rings is 3. The third-order valence-corrected chi connectivity index (χ3v) is 5.56. The Morgan fingerprint density at radius 2 is 1.83 bits per heavy atom. The van der Waals surface area contributed by atoms with E-state index >= 15 is 0 Å². The van der Waals surface area contributed by atoms with Crippen LogP contribution < -0.4 is 14.8 Å². The molecule has 1 N–H and O–H groups in total. The highest BCUT2D eigenvalue weighted by Gasteiger charge is 2.12. The molecule has 5 heteroatoms. The highest BCUT2D eigenvalue weighted by atomic mass is 127. The van der Waals surface area contributed by atoms with Gasteiger partial charge in [0.05, 0.1) is 16.4 Å². The molecule has 1 aromatic heterocycles. The molecule has 0 unspecified atom stereocenters. The zero-order valence-corrected chi connectivity index (χ0v) is 18.4. The second kappa shape index (κ2) is 8.69. The molecule has 0 fully saturated rings. The van der Waals surface area contributed by atoms with Crippen molar-refractivity contribution in [3.63, 3.8) is 0 Å². The normalized spacial score (nSPS) is 10.7. The van der Waals surface area contributed by atoms with E-state index in [1.165, 1.54) is 0 Å². The zero-order valence-electron chi connectivity index (χ0n) is 16.3. The van der Waals surface area contributed by atoms with E-state index in [1.54, 1.807) is 7.11 Å². The average molecular weight is 496 g/mol. The van der Waals surface area contributed by atoms with Gasteiger partial charge in [0, 0.05) is 17.3 Å². The minimum atomic E-state index is 0.555. The van der Waals surface area contributed by atoms with Crippen molar-refractivity contribution in [2.24, 2.45) is 0 Å². The van der Waals surface area contributed by atoms with E-state index in [-0.39, 0.29) is 0 Å². The Kier molecular flexibility index (Phi) is 5.85. The van der Waals surface area contributed by atoms with E-state index < -0.39 is 0 Å². The van der Waals surface area contributed by atoms with Gasteiger partial charge in [-0.05, 0) is 64.9 Å². The number of anilines is 2. The molecule has 0 aliphatic heterocycles. The summed E-state index contributed by atoms with van der Waals surface area (Å²) < 4.78 is 12.5. The first-order valence-corrected chi connectivity index (χ1v) is 10.4. The van der Waals surface area contributed by atoms with Gasteiger partial charge < -0.3 is 14.8 Å². The number of hydrogen-bond acceptors (Lipinski definition) is 4. The fourth-order valence-electron chi connectivity index (χ4n) is 3.21. The molecule has 0 radical (unpaired) electrons. The highest BCUT2D eigenvalue weighted by Crippen LogP contribution is 2.35. The minimum Gasteiger partial charge on any atom is -0.494 e. The third kappa shape index (κ3) is 4.29. The van der Waals surface area contributed by atoms with Crippen LogP contribution in [-0.2, 0) is 6.61 Å². The van der Waals surface area contributed by atoms with E-state index in [2.05, 4.69) is 70.1 Å². The lowest BCUT2D eigenvalue weighted by Gasteiger charge is -2.16. The number of halogens is 1. The van der Waals surface area contributed by atoms with Crippen LogP contribution in [0.5, 0.6) is 11.5 Å². The van der Waals surface area contributed by atoms with E-state index in [1.807, 2.05) is 42.6 Å². The molecule has 0 saturated carbocycles. The molecule has 0 atom stereocenters. The number of nitrogens with one attached hydrogen (secondary N) is 1. The number of ether oxygens (including phenoxy) is 2. The Bertz CT molecular complexity index is 1150. The van der Waals surface area contributed by atoms with Gasteiger partial charge in [0.2, 0.25) is 0 Å². The first-order chi connectivity index (χ1) is 14.2. The Labute approximate surface area is 184 Å². The number of para-hydroxylation sites is 1. The fourth-order valence-corrected chi connectivity index (χ4v) is 3.77. The molecule has 0 bridgehead atoms. The van der Waals surface area contributed by atoms with Crippen LogP contribution in [-0.4, -0.2) is 12.1 Å². The molecule has 4 nitrogen and oxygen atoms in total. The second-order valence-electron chi connectivity index (χ2n) is 6.71. The number of aryl methyl sites for hydroxylation is 1. The average Bonchev–Trinajstić information content (AvgIpc) is 2.75. The molecule has 0 amide bonds. The molecule has 0 aliphatic carbocycles. The summed E-state index contributed by atoms with van der Waals surface area (Å²) in [5.74, 6) is 1.62. The maximum absolute atomic E-state index is 5.95. The predicted molar refractivity (Wildman–Crippen MR) is 126 cm³/mol.